The molecular formula is C11H20N2O3. The molecule has 0 unspecified atom stereocenters. The summed E-state index contributed by atoms with van der Waals surface area (Å²) in [5.41, 5.74) is 11.4. The van der Waals surface area contributed by atoms with Gasteiger partial charge in [-0.1, -0.05) is 0 Å². The SMILES string of the molecule is C#CCCCO[C@H]1[C@H](O)[C@@H](O)[C@H](N)C[C@@H]1N. The Morgan fingerprint density at radius 1 is 1.25 bits per heavy atom. The maximum absolute atomic E-state index is 9.76. The molecule has 0 saturated heterocycles. The Bertz CT molecular complexity index is 254. The van der Waals surface area contributed by atoms with E-state index >= 15 is 0 Å². The molecule has 0 aromatic carbocycles. The van der Waals surface area contributed by atoms with Crippen molar-refractivity contribution in [2.45, 2.75) is 49.7 Å². The van der Waals surface area contributed by atoms with E-state index in [0.29, 0.717) is 25.9 Å². The van der Waals surface area contributed by atoms with Crippen LogP contribution in [-0.4, -0.2) is 47.2 Å². The third-order valence-electron chi connectivity index (χ3n) is 2.87. The van der Waals surface area contributed by atoms with Gasteiger partial charge in [-0.25, -0.2) is 0 Å². The van der Waals surface area contributed by atoms with E-state index in [1.165, 1.54) is 0 Å². The molecule has 1 aliphatic rings. The van der Waals surface area contributed by atoms with E-state index in [9.17, 15) is 10.2 Å². The first-order chi connectivity index (χ1) is 7.57. The van der Waals surface area contributed by atoms with Crippen LogP contribution in [0.2, 0.25) is 0 Å². The van der Waals surface area contributed by atoms with Crippen molar-refractivity contribution in [1.29, 1.82) is 0 Å². The molecule has 0 spiro atoms. The normalized spacial score (nSPS) is 39.3. The van der Waals surface area contributed by atoms with Crippen LogP contribution >= 0.6 is 0 Å². The minimum Gasteiger partial charge on any atom is -0.389 e. The second-order valence-corrected chi connectivity index (χ2v) is 4.19. The summed E-state index contributed by atoms with van der Waals surface area (Å²) in [4.78, 5) is 0. The smallest absolute Gasteiger partial charge is 0.109 e. The lowest BCUT2D eigenvalue weighted by Gasteiger charge is -2.39. The van der Waals surface area contributed by atoms with Crippen molar-refractivity contribution in [1.82, 2.24) is 0 Å². The number of rotatable bonds is 4. The van der Waals surface area contributed by atoms with Crippen LogP contribution in [-0.2, 0) is 4.74 Å². The maximum Gasteiger partial charge on any atom is 0.109 e. The lowest BCUT2D eigenvalue weighted by atomic mass is 9.85. The zero-order chi connectivity index (χ0) is 12.1. The lowest BCUT2D eigenvalue weighted by molar-refractivity contribution is -0.127. The van der Waals surface area contributed by atoms with Crippen LogP contribution in [0, 0.1) is 12.3 Å². The van der Waals surface area contributed by atoms with E-state index in [2.05, 4.69) is 5.92 Å². The van der Waals surface area contributed by atoms with Gasteiger partial charge in [0.15, 0.2) is 0 Å². The highest BCUT2D eigenvalue weighted by molar-refractivity contribution is 4.97. The highest BCUT2D eigenvalue weighted by Crippen LogP contribution is 2.20. The Labute approximate surface area is 95.8 Å². The van der Waals surface area contributed by atoms with Crippen molar-refractivity contribution < 1.29 is 14.9 Å². The molecule has 0 radical (unpaired) electrons. The van der Waals surface area contributed by atoms with Crippen LogP contribution in [0.3, 0.4) is 0 Å². The molecular weight excluding hydrogens is 208 g/mol. The largest absolute Gasteiger partial charge is 0.389 e. The molecule has 5 nitrogen and oxygen atoms in total. The van der Waals surface area contributed by atoms with E-state index in [4.69, 9.17) is 22.6 Å². The quantitative estimate of drug-likeness (QED) is 0.349. The Hall–Kier alpha value is -0.640. The fraction of sp³-hybridized carbons (Fsp3) is 0.818. The first-order valence-electron chi connectivity index (χ1n) is 5.50. The van der Waals surface area contributed by atoms with Gasteiger partial charge >= 0.3 is 0 Å². The Kier molecular flexibility index (Phi) is 5.19. The Morgan fingerprint density at radius 2 is 1.94 bits per heavy atom. The van der Waals surface area contributed by atoms with E-state index in [-0.39, 0.29) is 6.04 Å². The summed E-state index contributed by atoms with van der Waals surface area (Å²) in [5, 5.41) is 19.4. The third-order valence-corrected chi connectivity index (χ3v) is 2.87. The van der Waals surface area contributed by atoms with Gasteiger partial charge in [0.2, 0.25) is 0 Å². The van der Waals surface area contributed by atoms with E-state index in [0.717, 1.165) is 0 Å². The van der Waals surface area contributed by atoms with Gasteiger partial charge in [-0.2, -0.15) is 0 Å². The number of terminal acetylenes is 1. The highest BCUT2D eigenvalue weighted by Gasteiger charge is 2.40. The molecule has 0 aliphatic heterocycles. The topological polar surface area (TPSA) is 102 Å². The van der Waals surface area contributed by atoms with E-state index < -0.39 is 24.4 Å². The van der Waals surface area contributed by atoms with Crippen LogP contribution in [0.5, 0.6) is 0 Å². The molecule has 92 valence electrons. The fourth-order valence-electron chi connectivity index (χ4n) is 1.90. The molecule has 16 heavy (non-hydrogen) atoms. The average Bonchev–Trinajstić information content (AvgIpc) is 2.25. The summed E-state index contributed by atoms with van der Waals surface area (Å²) in [5.74, 6) is 2.50. The van der Waals surface area contributed by atoms with Crippen LogP contribution in [0.15, 0.2) is 0 Å². The number of nitrogens with two attached hydrogens (primary N) is 2. The molecule has 1 rings (SSSR count). The minimum atomic E-state index is -1.02. The molecule has 5 atom stereocenters. The molecule has 6 N–H and O–H groups in total. The summed E-state index contributed by atoms with van der Waals surface area (Å²) >= 11 is 0. The van der Waals surface area contributed by atoms with Gasteiger partial charge in [0.05, 0.1) is 6.10 Å². The number of aliphatic hydroxyl groups is 2. The van der Waals surface area contributed by atoms with Crippen molar-refractivity contribution >= 4 is 0 Å². The predicted octanol–water partition coefficient (Wildman–Crippen LogP) is -1.43. The summed E-state index contributed by atoms with van der Waals surface area (Å²) in [6.45, 7) is 0.432. The van der Waals surface area contributed by atoms with E-state index in [1.54, 1.807) is 0 Å². The average molecular weight is 228 g/mol. The molecule has 0 heterocycles. The Balaban J connectivity index is 2.42. The molecule has 0 bridgehead atoms. The zero-order valence-corrected chi connectivity index (χ0v) is 9.25. The van der Waals surface area contributed by atoms with Crippen LogP contribution < -0.4 is 11.5 Å². The third kappa shape index (κ3) is 3.17. The standard InChI is InChI=1S/C11H20N2O3/c1-2-3-4-5-16-11-8(13)6-7(12)9(14)10(11)15/h1,7-11,14-15H,3-6,12-13H2/t7-,8+,9+,10-,11-/m1/s1. The van der Waals surface area contributed by atoms with Crippen molar-refractivity contribution in [3.8, 4) is 12.3 Å². The van der Waals surface area contributed by atoms with Gasteiger partial charge in [0.1, 0.15) is 12.2 Å². The second-order valence-electron chi connectivity index (χ2n) is 4.19. The number of hydrogen-bond acceptors (Lipinski definition) is 5. The van der Waals surface area contributed by atoms with Gasteiger partial charge in [-0.15, -0.1) is 12.3 Å². The summed E-state index contributed by atoms with van der Waals surface area (Å²) in [6.07, 6.45) is 4.33. The van der Waals surface area contributed by atoms with Crippen LogP contribution in [0.1, 0.15) is 19.3 Å². The summed E-state index contributed by atoms with van der Waals surface area (Å²) < 4.78 is 5.44. The monoisotopic (exact) mass is 228 g/mol. The maximum atomic E-state index is 9.76. The summed E-state index contributed by atoms with van der Waals surface area (Å²) in [7, 11) is 0. The summed E-state index contributed by atoms with van der Waals surface area (Å²) in [6, 6.07) is -0.838. The van der Waals surface area contributed by atoms with Crippen LogP contribution in [0.4, 0.5) is 0 Å². The molecule has 5 heteroatoms. The molecule has 0 aromatic heterocycles. The highest BCUT2D eigenvalue weighted by atomic mass is 16.5. The molecule has 1 aliphatic carbocycles. The first-order valence-corrected chi connectivity index (χ1v) is 5.50. The number of aliphatic hydroxyl groups excluding tert-OH is 2. The number of hydrogen-bond donors (Lipinski definition) is 4. The molecule has 0 aromatic rings. The number of ether oxygens (including phenoxy) is 1. The molecule has 1 fully saturated rings. The van der Waals surface area contributed by atoms with Gasteiger partial charge < -0.3 is 26.4 Å². The number of unbranched alkanes of at least 4 members (excludes halogenated alkanes) is 1. The van der Waals surface area contributed by atoms with Crippen molar-refractivity contribution in [3.05, 3.63) is 0 Å². The Morgan fingerprint density at radius 3 is 2.56 bits per heavy atom. The van der Waals surface area contributed by atoms with E-state index in [1.807, 2.05) is 0 Å². The molecule has 0 amide bonds. The van der Waals surface area contributed by atoms with Gasteiger partial charge in [-0.05, 0) is 12.8 Å². The van der Waals surface area contributed by atoms with Crippen molar-refractivity contribution in [3.63, 3.8) is 0 Å². The van der Waals surface area contributed by atoms with Gasteiger partial charge in [-0.3, -0.25) is 0 Å². The lowest BCUT2D eigenvalue weighted by Crippen LogP contribution is -2.62. The van der Waals surface area contributed by atoms with Crippen molar-refractivity contribution in [2.75, 3.05) is 6.61 Å². The predicted molar refractivity (Wildman–Crippen MR) is 60.4 cm³/mol. The second kappa shape index (κ2) is 6.18. The fourth-order valence-corrected chi connectivity index (χ4v) is 1.90. The van der Waals surface area contributed by atoms with Gasteiger partial charge in [0.25, 0.3) is 0 Å². The minimum absolute atomic E-state index is 0.348. The first kappa shape index (κ1) is 13.4. The van der Waals surface area contributed by atoms with Gasteiger partial charge in [0, 0.05) is 25.1 Å². The zero-order valence-electron chi connectivity index (χ0n) is 9.25. The van der Waals surface area contributed by atoms with Crippen LogP contribution in [0.25, 0.3) is 0 Å². The molecule has 1 saturated carbocycles. The van der Waals surface area contributed by atoms with Crippen molar-refractivity contribution in [2.24, 2.45) is 11.5 Å².